The van der Waals surface area contributed by atoms with E-state index in [1.165, 1.54) is 22.6 Å². The Bertz CT molecular complexity index is 510. The Labute approximate surface area is 116 Å². The van der Waals surface area contributed by atoms with Crippen molar-refractivity contribution in [3.8, 4) is 0 Å². The zero-order valence-corrected chi connectivity index (χ0v) is 11.7. The van der Waals surface area contributed by atoms with Gasteiger partial charge in [0.2, 0.25) is 5.91 Å². The fourth-order valence-corrected chi connectivity index (χ4v) is 7.16. The van der Waals surface area contributed by atoms with Crippen LogP contribution in [0.25, 0.3) is 0 Å². The van der Waals surface area contributed by atoms with Gasteiger partial charge >= 0.3 is 0 Å². The highest BCUT2D eigenvalue weighted by Gasteiger charge is 2.54. The topological polar surface area (TPSA) is 20.3 Å². The first-order valence-corrected chi connectivity index (χ1v) is 8.44. The van der Waals surface area contributed by atoms with Crippen molar-refractivity contribution < 1.29 is 4.79 Å². The number of fused-ring (bicyclic) bond motifs is 4. The first-order chi connectivity index (χ1) is 8.81. The second-order valence-corrected chi connectivity index (χ2v) is 8.04. The summed E-state index contributed by atoms with van der Waals surface area (Å²) in [4.78, 5) is 14.2. The van der Waals surface area contributed by atoms with Gasteiger partial charge in [-0.15, -0.1) is 23.5 Å². The first kappa shape index (κ1) is 11.2. The minimum atomic E-state index is 0.126. The van der Waals surface area contributed by atoms with E-state index in [0.29, 0.717) is 11.9 Å². The number of benzene rings is 1. The van der Waals surface area contributed by atoms with E-state index in [9.17, 15) is 4.79 Å². The molecule has 1 aromatic rings. The maximum Gasteiger partial charge on any atom is 0.223 e. The molecule has 1 amide bonds. The highest BCUT2D eigenvalue weighted by Crippen LogP contribution is 2.60. The fourth-order valence-electron chi connectivity index (χ4n) is 3.46. The highest BCUT2D eigenvalue weighted by atomic mass is 32.2. The molecule has 2 fully saturated rings. The number of thioether (sulfide) groups is 2. The summed E-state index contributed by atoms with van der Waals surface area (Å²) < 4.78 is 0.126. The van der Waals surface area contributed by atoms with Crippen molar-refractivity contribution in [3.05, 3.63) is 35.4 Å². The van der Waals surface area contributed by atoms with Crippen LogP contribution in [0.5, 0.6) is 0 Å². The van der Waals surface area contributed by atoms with Gasteiger partial charge in [-0.2, -0.15) is 0 Å². The maximum atomic E-state index is 12.1. The van der Waals surface area contributed by atoms with Gasteiger partial charge in [-0.1, -0.05) is 24.3 Å². The molecule has 2 nitrogen and oxygen atoms in total. The monoisotopic (exact) mass is 277 g/mol. The van der Waals surface area contributed by atoms with Crippen molar-refractivity contribution in [2.75, 3.05) is 11.5 Å². The smallest absolute Gasteiger partial charge is 0.223 e. The lowest BCUT2D eigenvalue weighted by molar-refractivity contribution is -0.130. The minimum Gasteiger partial charge on any atom is -0.333 e. The average Bonchev–Trinajstić information content (AvgIpc) is 3.00. The van der Waals surface area contributed by atoms with E-state index in [2.05, 4.69) is 52.7 Å². The molecule has 0 aromatic heterocycles. The number of carbonyl (C=O) groups excluding carboxylic acids is 1. The zero-order chi connectivity index (χ0) is 12.2. The van der Waals surface area contributed by atoms with E-state index in [1.54, 1.807) is 0 Å². The van der Waals surface area contributed by atoms with Gasteiger partial charge in [0.05, 0.1) is 6.04 Å². The molecule has 4 rings (SSSR count). The van der Waals surface area contributed by atoms with E-state index in [1.807, 2.05) is 0 Å². The zero-order valence-electron chi connectivity index (χ0n) is 10.1. The summed E-state index contributed by atoms with van der Waals surface area (Å²) in [6.07, 6.45) is 1.77. The van der Waals surface area contributed by atoms with Crippen LogP contribution in [0.3, 0.4) is 0 Å². The summed E-state index contributed by atoms with van der Waals surface area (Å²) in [7, 11) is 0. The SMILES string of the molecule is O=C1CCC2N1Cc1ccccc1C21SCCS1. The molecule has 18 heavy (non-hydrogen) atoms. The quantitative estimate of drug-likeness (QED) is 0.727. The molecule has 0 radical (unpaired) electrons. The molecule has 1 aromatic carbocycles. The molecule has 0 saturated carbocycles. The second-order valence-electron chi connectivity index (χ2n) is 5.10. The second kappa shape index (κ2) is 3.94. The third-order valence-electron chi connectivity index (χ3n) is 4.22. The van der Waals surface area contributed by atoms with Crippen molar-refractivity contribution in [1.29, 1.82) is 0 Å². The lowest BCUT2D eigenvalue weighted by Crippen LogP contribution is -2.48. The Kier molecular flexibility index (Phi) is 2.46. The normalized spacial score (nSPS) is 28.6. The third-order valence-corrected chi connectivity index (χ3v) is 7.84. The van der Waals surface area contributed by atoms with Crippen LogP contribution in [0.1, 0.15) is 24.0 Å². The van der Waals surface area contributed by atoms with Crippen LogP contribution in [-0.2, 0) is 15.4 Å². The Morgan fingerprint density at radius 2 is 2.00 bits per heavy atom. The number of amides is 1. The number of nitrogens with zero attached hydrogens (tertiary/aromatic N) is 1. The molecule has 3 heterocycles. The van der Waals surface area contributed by atoms with Crippen LogP contribution in [0.2, 0.25) is 0 Å². The summed E-state index contributed by atoms with van der Waals surface area (Å²) in [6.45, 7) is 0.822. The van der Waals surface area contributed by atoms with Gasteiger partial charge in [0.15, 0.2) is 0 Å². The maximum absolute atomic E-state index is 12.1. The predicted molar refractivity (Wildman–Crippen MR) is 76.6 cm³/mol. The summed E-state index contributed by atoms with van der Waals surface area (Å²) >= 11 is 4.11. The van der Waals surface area contributed by atoms with E-state index in [0.717, 1.165) is 19.4 Å². The molecule has 1 atom stereocenters. The molecule has 2 saturated heterocycles. The molecule has 0 bridgehead atoms. The Morgan fingerprint density at radius 3 is 2.83 bits per heavy atom. The van der Waals surface area contributed by atoms with Crippen LogP contribution < -0.4 is 0 Å². The molecule has 0 aliphatic carbocycles. The molecular weight excluding hydrogens is 262 g/mol. The van der Waals surface area contributed by atoms with Crippen LogP contribution >= 0.6 is 23.5 Å². The van der Waals surface area contributed by atoms with Gasteiger partial charge in [0.25, 0.3) is 0 Å². The molecular formula is C14H15NOS2. The Hall–Kier alpha value is -0.610. The van der Waals surface area contributed by atoms with Gasteiger partial charge < -0.3 is 4.90 Å². The van der Waals surface area contributed by atoms with Crippen LogP contribution in [0.4, 0.5) is 0 Å². The minimum absolute atomic E-state index is 0.126. The number of hydrogen-bond donors (Lipinski definition) is 0. The van der Waals surface area contributed by atoms with Crippen molar-refractivity contribution in [2.24, 2.45) is 0 Å². The van der Waals surface area contributed by atoms with Crippen LogP contribution in [-0.4, -0.2) is 28.4 Å². The lowest BCUT2D eigenvalue weighted by Gasteiger charge is -2.44. The lowest BCUT2D eigenvalue weighted by atomic mass is 9.93. The molecule has 0 N–H and O–H groups in total. The Balaban J connectivity index is 1.90. The molecule has 4 heteroatoms. The van der Waals surface area contributed by atoms with E-state index in [4.69, 9.17) is 0 Å². The van der Waals surface area contributed by atoms with Crippen LogP contribution in [0.15, 0.2) is 24.3 Å². The Morgan fingerprint density at radius 1 is 1.22 bits per heavy atom. The summed E-state index contributed by atoms with van der Waals surface area (Å²) in [5.41, 5.74) is 2.83. The van der Waals surface area contributed by atoms with Crippen LogP contribution in [0, 0.1) is 0 Å². The van der Waals surface area contributed by atoms with Gasteiger partial charge in [-0.05, 0) is 17.5 Å². The number of rotatable bonds is 0. The highest BCUT2D eigenvalue weighted by molar-refractivity contribution is 8.20. The number of carbonyl (C=O) groups is 1. The molecule has 94 valence electrons. The third kappa shape index (κ3) is 1.36. The first-order valence-electron chi connectivity index (χ1n) is 6.47. The molecule has 3 aliphatic rings. The largest absolute Gasteiger partial charge is 0.333 e. The van der Waals surface area contributed by atoms with Gasteiger partial charge in [0, 0.05) is 24.5 Å². The van der Waals surface area contributed by atoms with Gasteiger partial charge in [0.1, 0.15) is 4.08 Å². The average molecular weight is 277 g/mol. The van der Waals surface area contributed by atoms with Gasteiger partial charge in [-0.3, -0.25) is 4.79 Å². The van der Waals surface area contributed by atoms with E-state index in [-0.39, 0.29) is 4.08 Å². The fraction of sp³-hybridized carbons (Fsp3) is 0.500. The van der Waals surface area contributed by atoms with Crippen molar-refractivity contribution >= 4 is 29.4 Å². The molecule has 3 aliphatic heterocycles. The summed E-state index contributed by atoms with van der Waals surface area (Å²) in [6, 6.07) is 9.13. The molecule has 1 spiro atoms. The van der Waals surface area contributed by atoms with Crippen molar-refractivity contribution in [3.63, 3.8) is 0 Å². The number of hydrogen-bond acceptors (Lipinski definition) is 3. The summed E-state index contributed by atoms with van der Waals surface area (Å²) in [5.74, 6) is 2.76. The van der Waals surface area contributed by atoms with Crippen molar-refractivity contribution in [2.45, 2.75) is 29.5 Å². The van der Waals surface area contributed by atoms with Gasteiger partial charge in [-0.25, -0.2) is 0 Å². The standard InChI is InChI=1S/C14H15NOS2/c16-13-6-5-12-14(17-7-8-18-14)11-4-2-1-3-10(11)9-15(12)13/h1-4,12H,5-9H2. The predicted octanol–water partition coefficient (Wildman–Crippen LogP) is 2.82. The molecule has 1 unspecified atom stereocenters. The van der Waals surface area contributed by atoms with E-state index >= 15 is 0 Å². The van der Waals surface area contributed by atoms with Crippen molar-refractivity contribution in [1.82, 2.24) is 4.90 Å². The van der Waals surface area contributed by atoms with E-state index < -0.39 is 0 Å². The summed E-state index contributed by atoms with van der Waals surface area (Å²) in [5, 5.41) is 0.